The largest absolute Gasteiger partial charge is 0.496 e. The normalized spacial score (nSPS) is 11.7. The minimum absolute atomic E-state index is 0.111. The van der Waals surface area contributed by atoms with E-state index >= 15 is 0 Å². The van der Waals surface area contributed by atoms with Crippen LogP contribution in [0.4, 0.5) is 5.69 Å². The number of carbonyl (C=O) groups is 1. The highest BCUT2D eigenvalue weighted by Crippen LogP contribution is 2.29. The average Bonchev–Trinajstić information content (AvgIpc) is 2.53. The molecule has 2 rings (SSSR count). The molecule has 6 nitrogen and oxygen atoms in total. The molecule has 0 saturated heterocycles. The summed E-state index contributed by atoms with van der Waals surface area (Å²) in [6.07, 6.45) is 3.23. The van der Waals surface area contributed by atoms with E-state index in [9.17, 15) is 14.9 Å². The Hall–Kier alpha value is -2.76. The summed E-state index contributed by atoms with van der Waals surface area (Å²) < 4.78 is 5.11. The van der Waals surface area contributed by atoms with Gasteiger partial charge in [0.2, 0.25) is 0 Å². The summed E-state index contributed by atoms with van der Waals surface area (Å²) in [6.45, 7) is 1.78. The third-order valence-electron chi connectivity index (χ3n) is 3.26. The summed E-state index contributed by atoms with van der Waals surface area (Å²) in [5, 5.41) is 10.8. The molecule has 1 atom stereocenters. The Bertz CT molecular complexity index is 671. The van der Waals surface area contributed by atoms with Crippen molar-refractivity contribution in [2.45, 2.75) is 12.8 Å². The van der Waals surface area contributed by atoms with Gasteiger partial charge < -0.3 is 4.74 Å². The van der Waals surface area contributed by atoms with Gasteiger partial charge in [0.15, 0.2) is 5.78 Å². The molecule has 0 spiro atoms. The van der Waals surface area contributed by atoms with Crippen molar-refractivity contribution < 1.29 is 14.5 Å². The number of ketones is 1. The number of benzene rings is 1. The zero-order valence-corrected chi connectivity index (χ0v) is 11.6. The van der Waals surface area contributed by atoms with E-state index in [0.717, 1.165) is 5.56 Å². The number of nitro groups is 1. The highest BCUT2D eigenvalue weighted by atomic mass is 16.6. The van der Waals surface area contributed by atoms with Gasteiger partial charge in [-0.2, -0.15) is 0 Å². The average molecular weight is 286 g/mol. The van der Waals surface area contributed by atoms with E-state index in [1.165, 1.54) is 25.3 Å². The number of carbonyl (C=O) groups excluding carboxylic acids is 1. The monoisotopic (exact) mass is 286 g/mol. The second kappa shape index (κ2) is 6.13. The molecule has 108 valence electrons. The lowest BCUT2D eigenvalue weighted by Crippen LogP contribution is -2.11. The molecule has 0 saturated carbocycles. The second-order valence-corrected chi connectivity index (χ2v) is 4.51. The lowest BCUT2D eigenvalue weighted by Gasteiger charge is -2.13. The summed E-state index contributed by atoms with van der Waals surface area (Å²) in [4.78, 5) is 26.7. The number of ether oxygens (including phenoxy) is 1. The summed E-state index contributed by atoms with van der Waals surface area (Å²) >= 11 is 0. The van der Waals surface area contributed by atoms with Crippen molar-refractivity contribution in [3.05, 3.63) is 64.0 Å². The summed E-state index contributed by atoms with van der Waals surface area (Å²) in [7, 11) is 1.38. The number of nitrogens with zero attached hydrogens (tertiary/aromatic N) is 2. The van der Waals surface area contributed by atoms with Crippen LogP contribution in [0.2, 0.25) is 0 Å². The van der Waals surface area contributed by atoms with Crippen LogP contribution in [0.25, 0.3) is 0 Å². The molecule has 0 aliphatic heterocycles. The van der Waals surface area contributed by atoms with Gasteiger partial charge in [-0.25, -0.2) is 0 Å². The first-order valence-electron chi connectivity index (χ1n) is 6.31. The Morgan fingerprint density at radius 1 is 1.29 bits per heavy atom. The van der Waals surface area contributed by atoms with Crippen LogP contribution in [0.15, 0.2) is 42.7 Å². The molecule has 0 fully saturated rings. The predicted molar refractivity (Wildman–Crippen MR) is 76.6 cm³/mol. The van der Waals surface area contributed by atoms with E-state index < -0.39 is 4.92 Å². The fraction of sp³-hybridized carbons (Fsp3) is 0.200. The van der Waals surface area contributed by atoms with Crippen molar-refractivity contribution in [1.82, 2.24) is 4.98 Å². The van der Waals surface area contributed by atoms with Gasteiger partial charge in [-0.1, -0.05) is 6.92 Å². The third-order valence-corrected chi connectivity index (χ3v) is 3.26. The lowest BCUT2D eigenvalue weighted by molar-refractivity contribution is -0.384. The standard InChI is InChI=1S/C15H14N2O4/c1-10(11-5-7-16-8-6-11)15(18)13-4-3-12(17(19)20)9-14(13)21-2/h3-10H,1-2H3. The van der Waals surface area contributed by atoms with Crippen LogP contribution in [-0.4, -0.2) is 22.8 Å². The molecule has 6 heteroatoms. The van der Waals surface area contributed by atoms with E-state index in [1.807, 2.05) is 0 Å². The van der Waals surface area contributed by atoms with Gasteiger partial charge >= 0.3 is 0 Å². The first kappa shape index (κ1) is 14.6. The molecule has 1 heterocycles. The molecule has 1 unspecified atom stereocenters. The number of hydrogen-bond donors (Lipinski definition) is 0. The molecule has 0 aliphatic carbocycles. The van der Waals surface area contributed by atoms with Gasteiger partial charge in [0.25, 0.3) is 5.69 Å². The van der Waals surface area contributed by atoms with Gasteiger partial charge in [0.05, 0.1) is 23.7 Å². The molecule has 0 amide bonds. The van der Waals surface area contributed by atoms with E-state index in [4.69, 9.17) is 4.74 Å². The maximum atomic E-state index is 12.5. The zero-order valence-electron chi connectivity index (χ0n) is 11.6. The second-order valence-electron chi connectivity index (χ2n) is 4.51. The molecular formula is C15H14N2O4. The molecule has 0 aliphatic rings. The Kier molecular flexibility index (Phi) is 4.27. The van der Waals surface area contributed by atoms with Gasteiger partial charge in [0.1, 0.15) is 5.75 Å². The molecule has 0 radical (unpaired) electrons. The molecule has 1 aromatic carbocycles. The van der Waals surface area contributed by atoms with E-state index in [-0.39, 0.29) is 23.1 Å². The van der Waals surface area contributed by atoms with Crippen LogP contribution < -0.4 is 4.74 Å². The Morgan fingerprint density at radius 2 is 1.95 bits per heavy atom. The van der Waals surface area contributed by atoms with Crippen molar-refractivity contribution in [3.8, 4) is 5.75 Å². The molecule has 1 aromatic heterocycles. The van der Waals surface area contributed by atoms with Crippen LogP contribution >= 0.6 is 0 Å². The summed E-state index contributed by atoms with van der Waals surface area (Å²) in [6, 6.07) is 7.51. The summed E-state index contributed by atoms with van der Waals surface area (Å²) in [5.41, 5.74) is 1.04. The minimum atomic E-state index is -0.525. The maximum absolute atomic E-state index is 12.5. The van der Waals surface area contributed by atoms with E-state index in [0.29, 0.717) is 5.56 Å². The fourth-order valence-electron chi connectivity index (χ4n) is 2.03. The SMILES string of the molecule is COc1cc([N+](=O)[O-])ccc1C(=O)C(C)c1ccncc1. The lowest BCUT2D eigenvalue weighted by atomic mass is 9.92. The fourth-order valence-corrected chi connectivity index (χ4v) is 2.03. The molecule has 0 N–H and O–H groups in total. The van der Waals surface area contributed by atoms with Crippen LogP contribution in [0.5, 0.6) is 5.75 Å². The Labute approximate surface area is 121 Å². The maximum Gasteiger partial charge on any atom is 0.273 e. The molecular weight excluding hydrogens is 272 g/mol. The van der Waals surface area contributed by atoms with Gasteiger partial charge in [0, 0.05) is 24.4 Å². The minimum Gasteiger partial charge on any atom is -0.496 e. The first-order valence-corrected chi connectivity index (χ1v) is 6.31. The van der Waals surface area contributed by atoms with Crippen molar-refractivity contribution in [1.29, 1.82) is 0 Å². The van der Waals surface area contributed by atoms with Crippen LogP contribution in [0, 0.1) is 10.1 Å². The number of rotatable bonds is 5. The molecule has 0 bridgehead atoms. The van der Waals surface area contributed by atoms with E-state index in [2.05, 4.69) is 4.98 Å². The van der Waals surface area contributed by atoms with E-state index in [1.54, 1.807) is 31.5 Å². The zero-order chi connectivity index (χ0) is 15.4. The quantitative estimate of drug-likeness (QED) is 0.479. The van der Waals surface area contributed by atoms with Crippen LogP contribution in [0.1, 0.15) is 28.8 Å². The smallest absolute Gasteiger partial charge is 0.273 e. The van der Waals surface area contributed by atoms with Crippen molar-refractivity contribution in [3.63, 3.8) is 0 Å². The number of pyridine rings is 1. The Morgan fingerprint density at radius 3 is 2.52 bits per heavy atom. The number of aromatic nitrogens is 1. The molecule has 21 heavy (non-hydrogen) atoms. The highest BCUT2D eigenvalue weighted by molar-refractivity contribution is 6.03. The van der Waals surface area contributed by atoms with Crippen LogP contribution in [-0.2, 0) is 0 Å². The number of hydrogen-bond acceptors (Lipinski definition) is 5. The van der Waals surface area contributed by atoms with Gasteiger partial charge in [-0.05, 0) is 23.8 Å². The van der Waals surface area contributed by atoms with Gasteiger partial charge in [-0.3, -0.25) is 19.9 Å². The van der Waals surface area contributed by atoms with Crippen LogP contribution in [0.3, 0.4) is 0 Å². The first-order chi connectivity index (χ1) is 10.0. The topological polar surface area (TPSA) is 82.3 Å². The molecule has 2 aromatic rings. The van der Waals surface area contributed by atoms with Crippen molar-refractivity contribution >= 4 is 11.5 Å². The number of nitro benzene ring substituents is 1. The van der Waals surface area contributed by atoms with Gasteiger partial charge in [-0.15, -0.1) is 0 Å². The highest BCUT2D eigenvalue weighted by Gasteiger charge is 2.22. The Balaban J connectivity index is 2.37. The number of non-ortho nitro benzene ring substituents is 1. The third kappa shape index (κ3) is 3.05. The number of methoxy groups -OCH3 is 1. The van der Waals surface area contributed by atoms with Crippen molar-refractivity contribution in [2.75, 3.05) is 7.11 Å². The summed E-state index contributed by atoms with van der Waals surface area (Å²) in [5.74, 6) is -0.341. The van der Waals surface area contributed by atoms with Crippen molar-refractivity contribution in [2.24, 2.45) is 0 Å². The number of Topliss-reactive ketones (excluding diaryl/α,β-unsaturated/α-hetero) is 1. The predicted octanol–water partition coefficient (Wildman–Crippen LogP) is 2.98.